The van der Waals surface area contributed by atoms with Crippen molar-refractivity contribution in [3.05, 3.63) is 22.7 Å². The molecule has 1 heterocycles. The Kier molecular flexibility index (Phi) is 4.66. The van der Waals surface area contributed by atoms with Crippen LogP contribution in [0.1, 0.15) is 13.3 Å². The first kappa shape index (κ1) is 14.1. The van der Waals surface area contributed by atoms with Crippen LogP contribution in [0.15, 0.2) is 22.7 Å². The summed E-state index contributed by atoms with van der Waals surface area (Å²) < 4.78 is 6.34. The number of anilines is 1. The number of ether oxygens (including phenoxy) is 1. The summed E-state index contributed by atoms with van der Waals surface area (Å²) in [6, 6.07) is 5.26. The fraction of sp³-hybridized carbons (Fsp3) is 0.462. The van der Waals surface area contributed by atoms with Crippen LogP contribution in [0.2, 0.25) is 0 Å². The minimum absolute atomic E-state index is 0.212. The van der Waals surface area contributed by atoms with Gasteiger partial charge in [-0.1, -0.05) is 15.9 Å². The lowest BCUT2D eigenvalue weighted by Gasteiger charge is -2.18. The first-order valence-corrected chi connectivity index (χ1v) is 7.05. The highest BCUT2D eigenvalue weighted by Crippen LogP contribution is 2.28. The Labute approximate surface area is 120 Å². The number of urea groups is 1. The molecule has 1 aromatic carbocycles. The Bertz CT molecular complexity index is 467. The summed E-state index contributed by atoms with van der Waals surface area (Å²) >= 11 is 3.37. The number of hydrogen-bond acceptors (Lipinski definition) is 3. The molecule has 1 atom stereocenters. The van der Waals surface area contributed by atoms with E-state index < -0.39 is 6.10 Å². The number of hydrogen-bond donors (Lipinski definition) is 2. The molecule has 104 valence electrons. The molecule has 6 heteroatoms. The van der Waals surface area contributed by atoms with Crippen molar-refractivity contribution >= 4 is 27.6 Å². The standard InChI is InChI=1S/C13H17BrN2O3/c1-2-19-12-4-3-9(14)7-11(12)15-13(18)16-6-5-10(17)8-16/h3-4,7,10,17H,2,5-6,8H2,1H3,(H,15,18). The second kappa shape index (κ2) is 6.25. The molecule has 1 aliphatic heterocycles. The molecule has 2 amide bonds. The third-order valence-electron chi connectivity index (χ3n) is 2.93. The van der Waals surface area contributed by atoms with E-state index in [2.05, 4.69) is 21.2 Å². The van der Waals surface area contributed by atoms with Crippen molar-refractivity contribution in [1.82, 2.24) is 4.90 Å². The molecule has 0 saturated carbocycles. The molecule has 5 nitrogen and oxygen atoms in total. The van der Waals surface area contributed by atoms with E-state index in [1.165, 1.54) is 0 Å². The first-order chi connectivity index (χ1) is 9.10. The van der Waals surface area contributed by atoms with Gasteiger partial charge in [0.1, 0.15) is 5.75 Å². The van der Waals surface area contributed by atoms with Crippen molar-refractivity contribution < 1.29 is 14.6 Å². The topological polar surface area (TPSA) is 61.8 Å². The maximum atomic E-state index is 12.1. The van der Waals surface area contributed by atoms with Gasteiger partial charge >= 0.3 is 6.03 Å². The molecule has 1 unspecified atom stereocenters. The second-order valence-electron chi connectivity index (χ2n) is 4.39. The van der Waals surface area contributed by atoms with Crippen molar-refractivity contribution in [1.29, 1.82) is 0 Å². The molecule has 2 rings (SSSR count). The maximum absolute atomic E-state index is 12.1. The summed E-state index contributed by atoms with van der Waals surface area (Å²) in [5.74, 6) is 0.638. The Morgan fingerprint density at radius 2 is 2.42 bits per heavy atom. The zero-order valence-corrected chi connectivity index (χ0v) is 12.3. The highest BCUT2D eigenvalue weighted by molar-refractivity contribution is 9.10. The fourth-order valence-corrected chi connectivity index (χ4v) is 2.36. The Hall–Kier alpha value is -1.27. The third kappa shape index (κ3) is 3.61. The van der Waals surface area contributed by atoms with Gasteiger partial charge in [-0.05, 0) is 31.5 Å². The van der Waals surface area contributed by atoms with Crippen molar-refractivity contribution in [2.75, 3.05) is 25.0 Å². The van der Waals surface area contributed by atoms with Gasteiger partial charge in [0.2, 0.25) is 0 Å². The lowest BCUT2D eigenvalue weighted by molar-refractivity contribution is 0.176. The van der Waals surface area contributed by atoms with E-state index in [4.69, 9.17) is 4.74 Å². The van der Waals surface area contributed by atoms with Crippen LogP contribution < -0.4 is 10.1 Å². The molecular formula is C13H17BrN2O3. The number of likely N-dealkylation sites (tertiary alicyclic amines) is 1. The van der Waals surface area contributed by atoms with E-state index in [9.17, 15) is 9.90 Å². The average Bonchev–Trinajstić information content (AvgIpc) is 2.80. The van der Waals surface area contributed by atoms with Crippen LogP contribution in [0.25, 0.3) is 0 Å². The smallest absolute Gasteiger partial charge is 0.322 e. The number of nitrogens with one attached hydrogen (secondary N) is 1. The monoisotopic (exact) mass is 328 g/mol. The number of rotatable bonds is 3. The molecule has 0 aliphatic carbocycles. The van der Waals surface area contributed by atoms with E-state index in [1.54, 1.807) is 11.0 Å². The molecule has 2 N–H and O–H groups in total. The second-order valence-corrected chi connectivity index (χ2v) is 5.31. The summed E-state index contributed by atoms with van der Waals surface area (Å²) in [5, 5.41) is 12.3. The van der Waals surface area contributed by atoms with Crippen LogP contribution in [-0.4, -0.2) is 41.8 Å². The van der Waals surface area contributed by atoms with Crippen LogP contribution in [0, 0.1) is 0 Å². The zero-order valence-electron chi connectivity index (χ0n) is 10.7. The largest absolute Gasteiger partial charge is 0.492 e. The number of aliphatic hydroxyl groups is 1. The summed E-state index contributed by atoms with van der Waals surface area (Å²) in [5.41, 5.74) is 0.627. The number of carbonyl (C=O) groups is 1. The number of carbonyl (C=O) groups excluding carboxylic acids is 1. The molecule has 1 fully saturated rings. The molecule has 1 aromatic rings. The lowest BCUT2D eigenvalue weighted by atomic mass is 10.3. The molecule has 1 aliphatic rings. The lowest BCUT2D eigenvalue weighted by Crippen LogP contribution is -2.33. The summed E-state index contributed by atoms with van der Waals surface area (Å²) in [7, 11) is 0. The van der Waals surface area contributed by atoms with Gasteiger partial charge in [-0.15, -0.1) is 0 Å². The van der Waals surface area contributed by atoms with Crippen LogP contribution in [0.4, 0.5) is 10.5 Å². The van der Waals surface area contributed by atoms with Crippen molar-refractivity contribution in [3.63, 3.8) is 0 Å². The van der Waals surface area contributed by atoms with Crippen LogP contribution in [-0.2, 0) is 0 Å². The van der Waals surface area contributed by atoms with Crippen molar-refractivity contribution in [2.24, 2.45) is 0 Å². The third-order valence-corrected chi connectivity index (χ3v) is 3.43. The molecule has 19 heavy (non-hydrogen) atoms. The number of nitrogens with zero attached hydrogens (tertiary/aromatic N) is 1. The number of benzene rings is 1. The Morgan fingerprint density at radius 3 is 3.05 bits per heavy atom. The molecule has 0 aromatic heterocycles. The van der Waals surface area contributed by atoms with E-state index in [-0.39, 0.29) is 6.03 Å². The van der Waals surface area contributed by atoms with Crippen molar-refractivity contribution in [3.8, 4) is 5.75 Å². The summed E-state index contributed by atoms with van der Waals surface area (Å²) in [6.07, 6.45) is 0.212. The predicted octanol–water partition coefficient (Wildman–Crippen LogP) is 2.45. The Balaban J connectivity index is 2.09. The normalized spacial score (nSPS) is 18.5. The van der Waals surface area contributed by atoms with Gasteiger partial charge in [0.15, 0.2) is 0 Å². The summed E-state index contributed by atoms with van der Waals surface area (Å²) in [4.78, 5) is 13.7. The minimum atomic E-state index is -0.417. The van der Waals surface area contributed by atoms with E-state index in [0.29, 0.717) is 37.6 Å². The van der Waals surface area contributed by atoms with E-state index in [0.717, 1.165) is 4.47 Å². The van der Waals surface area contributed by atoms with Gasteiger partial charge < -0.3 is 20.1 Å². The molecular weight excluding hydrogens is 312 g/mol. The highest BCUT2D eigenvalue weighted by atomic mass is 79.9. The minimum Gasteiger partial charge on any atom is -0.492 e. The zero-order chi connectivity index (χ0) is 13.8. The van der Waals surface area contributed by atoms with Gasteiger partial charge in [0.25, 0.3) is 0 Å². The van der Waals surface area contributed by atoms with Gasteiger partial charge in [-0.25, -0.2) is 4.79 Å². The number of amides is 2. The highest BCUT2D eigenvalue weighted by Gasteiger charge is 2.25. The van der Waals surface area contributed by atoms with Gasteiger partial charge in [-0.2, -0.15) is 0 Å². The predicted molar refractivity (Wildman–Crippen MR) is 76.5 cm³/mol. The van der Waals surface area contributed by atoms with Crippen LogP contribution >= 0.6 is 15.9 Å². The van der Waals surface area contributed by atoms with Crippen molar-refractivity contribution in [2.45, 2.75) is 19.4 Å². The van der Waals surface area contributed by atoms with Gasteiger partial charge in [0.05, 0.1) is 18.4 Å². The van der Waals surface area contributed by atoms with Crippen LogP contribution in [0.3, 0.4) is 0 Å². The molecule has 0 bridgehead atoms. The van der Waals surface area contributed by atoms with E-state index >= 15 is 0 Å². The summed E-state index contributed by atoms with van der Waals surface area (Å²) in [6.45, 7) is 3.38. The molecule has 1 saturated heterocycles. The number of β-amino-alcohol motifs (C(OH)–C–C–N with tert-alkyl or cyclic N) is 1. The van der Waals surface area contributed by atoms with Gasteiger partial charge in [0, 0.05) is 17.6 Å². The average molecular weight is 329 g/mol. The van der Waals surface area contributed by atoms with Crippen LogP contribution in [0.5, 0.6) is 5.75 Å². The maximum Gasteiger partial charge on any atom is 0.322 e. The first-order valence-electron chi connectivity index (χ1n) is 6.26. The fourth-order valence-electron chi connectivity index (χ4n) is 2.00. The quantitative estimate of drug-likeness (QED) is 0.895. The SMILES string of the molecule is CCOc1ccc(Br)cc1NC(=O)N1CCC(O)C1. The molecule has 0 radical (unpaired) electrons. The number of aliphatic hydroxyl groups excluding tert-OH is 1. The van der Waals surface area contributed by atoms with Gasteiger partial charge in [-0.3, -0.25) is 0 Å². The van der Waals surface area contributed by atoms with E-state index in [1.807, 2.05) is 19.1 Å². The Morgan fingerprint density at radius 1 is 1.63 bits per heavy atom. The molecule has 0 spiro atoms. The number of halogens is 1.